The van der Waals surface area contributed by atoms with Crippen LogP contribution in [0.25, 0.3) is 28.0 Å². The lowest BCUT2D eigenvalue weighted by Crippen LogP contribution is -2.59. The Balaban J connectivity index is 0.920. The number of carbonyl (C=O) groups is 3. The third-order valence-corrected chi connectivity index (χ3v) is 13.8. The predicted molar refractivity (Wildman–Crippen MR) is 225 cm³/mol. The van der Waals surface area contributed by atoms with E-state index in [9.17, 15) is 14.4 Å². The molecule has 3 N–H and O–H groups in total. The summed E-state index contributed by atoms with van der Waals surface area (Å²) in [4.78, 5) is 56.4. The Morgan fingerprint density at radius 2 is 1.33 bits per heavy atom. The molecule has 8 rings (SSSR count). The molecule has 2 aliphatic carbocycles. The molecular weight excluding hydrogens is 731 g/mol. The van der Waals surface area contributed by atoms with Crippen molar-refractivity contribution in [2.24, 2.45) is 28.7 Å². The number of likely N-dealkylation sites (tertiary alicyclic amines) is 2. The zero-order valence-electron chi connectivity index (χ0n) is 34.9. The van der Waals surface area contributed by atoms with E-state index >= 15 is 0 Å². The van der Waals surface area contributed by atoms with Crippen LogP contribution in [0.2, 0.25) is 0 Å². The van der Waals surface area contributed by atoms with Gasteiger partial charge in [-0.25, -0.2) is 14.6 Å². The summed E-state index contributed by atoms with van der Waals surface area (Å²) in [5.74, 6) is 1.83. The van der Waals surface area contributed by atoms with Crippen LogP contribution in [0.15, 0.2) is 65.9 Å². The number of aliphatic imine (C=N–C) groups is 1. The maximum atomic E-state index is 13.9. The van der Waals surface area contributed by atoms with Gasteiger partial charge < -0.3 is 30.0 Å². The summed E-state index contributed by atoms with van der Waals surface area (Å²) in [5, 5.41) is 5.89. The number of methoxy groups -OCH3 is 2. The number of benzene rings is 2. The summed E-state index contributed by atoms with van der Waals surface area (Å²) in [7, 11) is 2.74. The number of hydrogen-bond acceptors (Lipinski definition) is 8. The number of imidazole rings is 1. The number of ether oxygens (including phenoxy) is 2. The minimum atomic E-state index is -0.667. The van der Waals surface area contributed by atoms with Crippen molar-refractivity contribution in [3.05, 3.63) is 72.3 Å². The van der Waals surface area contributed by atoms with Gasteiger partial charge in [0.2, 0.25) is 5.91 Å². The molecule has 1 unspecified atom stereocenters. The molecule has 0 radical (unpaired) electrons. The number of rotatable bonds is 12. The number of amides is 3. The number of aromatic nitrogens is 2. The molecule has 2 saturated carbocycles. The maximum Gasteiger partial charge on any atom is 0.407 e. The molecule has 308 valence electrons. The number of alkyl carbamates (subject to hydrolysis) is 2. The molecule has 12 nitrogen and oxygen atoms in total. The Hall–Kier alpha value is -4.97. The van der Waals surface area contributed by atoms with Crippen molar-refractivity contribution in [3.8, 4) is 22.4 Å². The zero-order chi connectivity index (χ0) is 40.8. The van der Waals surface area contributed by atoms with Crippen LogP contribution in [0.1, 0.15) is 97.0 Å². The molecule has 0 spiro atoms. The fraction of sp³-hybridized carbons (Fsp3) is 0.543. The van der Waals surface area contributed by atoms with E-state index < -0.39 is 12.1 Å². The van der Waals surface area contributed by atoms with Crippen LogP contribution in [0.3, 0.4) is 0 Å². The third kappa shape index (κ3) is 7.44. The van der Waals surface area contributed by atoms with Crippen LogP contribution >= 0.6 is 0 Å². The summed E-state index contributed by atoms with van der Waals surface area (Å²) in [6, 6.07) is 17.6. The molecule has 2 aromatic carbocycles. The summed E-state index contributed by atoms with van der Waals surface area (Å²) >= 11 is 0. The van der Waals surface area contributed by atoms with Gasteiger partial charge in [-0.1, -0.05) is 76.2 Å². The standard InChI is InChI=1S/C46H59N7O5/c1-25(2)39(50-45(55)57-6)27(5)52-35-18-16-32(20-35)41(52)37-22-34(23-47-37)30-10-8-28(9-11-30)29-12-14-31(15-13-29)38-24-48-43(49-38)42-33-17-19-36(21-33)53(42)44(54)40(26(3)4)51-46(56)58-7/h8-15,23-27,32-33,35-36,39-42H,16-22H2,1-7H3,(H,48,49)(H,50,55)(H,51,56)/t27?,32-,33-,35+,36+,39-,40-,41-,42-/m0/s1. The molecule has 9 atom stereocenters. The van der Waals surface area contributed by atoms with Gasteiger partial charge in [0.15, 0.2) is 0 Å². The average Bonchev–Trinajstić information content (AvgIpc) is 4.10. The van der Waals surface area contributed by atoms with Gasteiger partial charge in [-0.05, 0) is 96.9 Å². The second kappa shape index (κ2) is 16.4. The summed E-state index contributed by atoms with van der Waals surface area (Å²) in [5.41, 5.74) is 7.87. The second-order valence-corrected chi connectivity index (χ2v) is 17.8. The molecule has 4 heterocycles. The highest BCUT2D eigenvalue weighted by molar-refractivity contribution is 6.02. The van der Waals surface area contributed by atoms with Crippen LogP contribution in [-0.2, 0) is 14.3 Å². The first kappa shape index (κ1) is 39.8. The van der Waals surface area contributed by atoms with Crippen molar-refractivity contribution in [2.75, 3.05) is 14.2 Å². The van der Waals surface area contributed by atoms with E-state index in [0.29, 0.717) is 17.9 Å². The van der Waals surface area contributed by atoms with E-state index in [-0.39, 0.29) is 54.0 Å². The van der Waals surface area contributed by atoms with Gasteiger partial charge in [-0.2, -0.15) is 0 Å². The minimum Gasteiger partial charge on any atom is -0.453 e. The van der Waals surface area contributed by atoms with Crippen molar-refractivity contribution in [3.63, 3.8) is 0 Å². The van der Waals surface area contributed by atoms with Gasteiger partial charge in [0.05, 0.1) is 38.2 Å². The highest BCUT2D eigenvalue weighted by Crippen LogP contribution is 2.50. The molecule has 3 aliphatic heterocycles. The summed E-state index contributed by atoms with van der Waals surface area (Å²) in [6.45, 7) is 10.5. The number of nitrogens with zero attached hydrogens (tertiary/aromatic N) is 4. The van der Waals surface area contributed by atoms with Crippen LogP contribution < -0.4 is 10.6 Å². The van der Waals surface area contributed by atoms with Gasteiger partial charge in [0, 0.05) is 42.5 Å². The van der Waals surface area contributed by atoms with Gasteiger partial charge in [-0.15, -0.1) is 0 Å². The number of piperidine rings is 2. The van der Waals surface area contributed by atoms with Crippen molar-refractivity contribution in [2.45, 2.75) is 122 Å². The normalized spacial score (nSPS) is 26.5. The molecule has 3 amide bonds. The van der Waals surface area contributed by atoms with E-state index in [2.05, 4.69) is 96.0 Å². The first-order chi connectivity index (χ1) is 27.9. The predicted octanol–water partition coefficient (Wildman–Crippen LogP) is 7.98. The fourth-order valence-corrected chi connectivity index (χ4v) is 10.9. The van der Waals surface area contributed by atoms with Gasteiger partial charge in [0.25, 0.3) is 0 Å². The Labute approximate surface area is 342 Å². The zero-order valence-corrected chi connectivity index (χ0v) is 34.9. The molecule has 12 heteroatoms. The van der Waals surface area contributed by atoms with Gasteiger partial charge in [-0.3, -0.25) is 14.7 Å². The topological polar surface area (TPSA) is 141 Å². The molecule has 4 bridgehead atoms. The highest BCUT2D eigenvalue weighted by atomic mass is 16.5. The number of carbonyl (C=O) groups excluding carboxylic acids is 3. The van der Waals surface area contributed by atoms with Crippen molar-refractivity contribution < 1.29 is 23.9 Å². The van der Waals surface area contributed by atoms with E-state index in [4.69, 9.17) is 19.5 Å². The summed E-state index contributed by atoms with van der Waals surface area (Å²) in [6.07, 6.45) is 10.4. The first-order valence-electron chi connectivity index (χ1n) is 21.3. The van der Waals surface area contributed by atoms with E-state index in [0.717, 1.165) is 53.9 Å². The molecule has 4 fully saturated rings. The lowest BCUT2D eigenvalue weighted by Gasteiger charge is -2.44. The lowest BCUT2D eigenvalue weighted by atomic mass is 9.87. The number of nitrogens with one attached hydrogen (secondary N) is 3. The Morgan fingerprint density at radius 3 is 1.97 bits per heavy atom. The van der Waals surface area contributed by atoms with E-state index in [1.807, 2.05) is 24.9 Å². The van der Waals surface area contributed by atoms with Crippen molar-refractivity contribution in [1.82, 2.24) is 30.4 Å². The second-order valence-electron chi connectivity index (χ2n) is 17.8. The van der Waals surface area contributed by atoms with E-state index in [1.165, 1.54) is 50.3 Å². The highest BCUT2D eigenvalue weighted by Gasteiger charge is 2.53. The van der Waals surface area contributed by atoms with Gasteiger partial charge in [0.1, 0.15) is 11.9 Å². The van der Waals surface area contributed by atoms with Gasteiger partial charge >= 0.3 is 12.2 Å². The number of fused-ring (bicyclic) bond motifs is 4. The summed E-state index contributed by atoms with van der Waals surface area (Å²) < 4.78 is 9.81. The number of aromatic amines is 1. The SMILES string of the molecule is COC(=O)N[C@@H](C(C)C)C(C)N1[C@@H]2CC[C@@H](C2)[C@H]1C1=NC=C(c2ccc(-c3ccc(-c4cnc([C@@H]5[C@H]6CC[C@H](C6)N5C(=O)[C@@H](NC(=O)OC)C(C)C)[nH]4)cc3)cc2)C1. The van der Waals surface area contributed by atoms with Crippen LogP contribution in [0.4, 0.5) is 9.59 Å². The van der Waals surface area contributed by atoms with E-state index in [1.54, 1.807) is 0 Å². The molecule has 58 heavy (non-hydrogen) atoms. The third-order valence-electron chi connectivity index (χ3n) is 13.8. The lowest BCUT2D eigenvalue weighted by molar-refractivity contribution is -0.139. The average molecular weight is 790 g/mol. The monoisotopic (exact) mass is 789 g/mol. The Morgan fingerprint density at radius 1 is 0.741 bits per heavy atom. The van der Waals surface area contributed by atoms with Crippen LogP contribution in [0, 0.1) is 23.7 Å². The molecule has 3 aromatic rings. The van der Waals surface area contributed by atoms with Crippen LogP contribution in [-0.4, -0.2) is 94.0 Å². The largest absolute Gasteiger partial charge is 0.453 e. The number of hydrogen-bond donors (Lipinski definition) is 3. The number of H-pyrrole nitrogens is 1. The Bertz CT molecular complexity index is 2060. The molecule has 2 saturated heterocycles. The maximum absolute atomic E-state index is 13.9. The smallest absolute Gasteiger partial charge is 0.407 e. The van der Waals surface area contributed by atoms with Crippen molar-refractivity contribution in [1.29, 1.82) is 0 Å². The Kier molecular flexibility index (Phi) is 11.2. The molecule has 1 aromatic heterocycles. The molecule has 5 aliphatic rings. The number of allylic oxidation sites excluding steroid dienone is 1. The quantitative estimate of drug-likeness (QED) is 0.169. The first-order valence-corrected chi connectivity index (χ1v) is 21.3. The minimum absolute atomic E-state index is 0.0145. The fourth-order valence-electron chi connectivity index (χ4n) is 10.9. The molecular formula is C46H59N7O5. The van der Waals surface area contributed by atoms with Crippen molar-refractivity contribution >= 4 is 29.4 Å². The van der Waals surface area contributed by atoms with Crippen LogP contribution in [0.5, 0.6) is 0 Å².